The van der Waals surface area contributed by atoms with Crippen LogP contribution in [0.3, 0.4) is 0 Å². The summed E-state index contributed by atoms with van der Waals surface area (Å²) in [5.74, 6) is 0.828. The molecule has 0 bridgehead atoms. The smallest absolute Gasteiger partial charge is 0.183 e. The van der Waals surface area contributed by atoms with Crippen molar-refractivity contribution in [2.24, 2.45) is 0 Å². The molecule has 4 aromatic rings. The van der Waals surface area contributed by atoms with Crippen LogP contribution in [0, 0.1) is 6.92 Å². The molecule has 0 saturated carbocycles. The zero-order chi connectivity index (χ0) is 16.5. The van der Waals surface area contributed by atoms with Gasteiger partial charge in [-0.15, -0.1) is 10.2 Å². The Balaban J connectivity index is 2.01. The highest BCUT2D eigenvalue weighted by Crippen LogP contribution is 2.25. The number of nitrogens with zero attached hydrogens (tertiary/aromatic N) is 4. The molecule has 0 aliphatic heterocycles. The third-order valence-corrected chi connectivity index (χ3v) is 4.06. The molecule has 0 spiro atoms. The molecule has 5 nitrogen and oxygen atoms in total. The zero-order valence-electron chi connectivity index (χ0n) is 13.7. The third-order valence-electron chi connectivity index (χ3n) is 4.06. The highest BCUT2D eigenvalue weighted by molar-refractivity contribution is 5.81. The molecule has 0 amide bonds. The van der Waals surface area contributed by atoms with E-state index in [0.29, 0.717) is 13.2 Å². The number of ether oxygens (including phenoxy) is 1. The van der Waals surface area contributed by atoms with Crippen LogP contribution in [0.5, 0.6) is 0 Å². The van der Waals surface area contributed by atoms with Crippen molar-refractivity contribution in [3.63, 3.8) is 0 Å². The van der Waals surface area contributed by atoms with Gasteiger partial charge in [0.1, 0.15) is 0 Å². The standard InChI is InChI=1S/C19H18N4O/c1-3-24-12-14-9-10-16-17(11-14)23-18(13(2)20-16)21-22-19(23)15-7-5-4-6-8-15/h4-11H,3,12H2,1-2H3. The minimum atomic E-state index is 0.588. The predicted octanol–water partition coefficient (Wildman–Crippen LogP) is 3.79. The predicted molar refractivity (Wildman–Crippen MR) is 93.8 cm³/mol. The van der Waals surface area contributed by atoms with E-state index in [-0.39, 0.29) is 0 Å². The molecular formula is C19H18N4O. The highest BCUT2D eigenvalue weighted by atomic mass is 16.5. The second-order valence-electron chi connectivity index (χ2n) is 5.71. The van der Waals surface area contributed by atoms with Crippen molar-refractivity contribution in [3.8, 4) is 11.4 Å². The lowest BCUT2D eigenvalue weighted by Gasteiger charge is -2.09. The van der Waals surface area contributed by atoms with E-state index < -0.39 is 0 Å². The first-order valence-corrected chi connectivity index (χ1v) is 8.05. The van der Waals surface area contributed by atoms with Gasteiger partial charge in [-0.2, -0.15) is 0 Å². The van der Waals surface area contributed by atoms with Gasteiger partial charge < -0.3 is 4.74 Å². The van der Waals surface area contributed by atoms with Crippen molar-refractivity contribution in [1.82, 2.24) is 19.6 Å². The number of aromatic nitrogens is 4. The van der Waals surface area contributed by atoms with Crippen LogP contribution in [0.4, 0.5) is 0 Å². The first-order valence-electron chi connectivity index (χ1n) is 8.05. The maximum atomic E-state index is 5.54. The summed E-state index contributed by atoms with van der Waals surface area (Å²) in [6.45, 7) is 5.25. The van der Waals surface area contributed by atoms with Gasteiger partial charge in [0.05, 0.1) is 23.3 Å². The van der Waals surface area contributed by atoms with Crippen LogP contribution in [-0.4, -0.2) is 26.2 Å². The molecule has 2 aromatic heterocycles. The Morgan fingerprint density at radius 1 is 1.04 bits per heavy atom. The fourth-order valence-electron chi connectivity index (χ4n) is 2.90. The zero-order valence-corrected chi connectivity index (χ0v) is 13.7. The minimum absolute atomic E-state index is 0.588. The maximum Gasteiger partial charge on any atom is 0.183 e. The van der Waals surface area contributed by atoms with Crippen LogP contribution in [0.25, 0.3) is 28.1 Å². The van der Waals surface area contributed by atoms with Gasteiger partial charge in [0.15, 0.2) is 11.5 Å². The molecule has 0 N–H and O–H groups in total. The Bertz CT molecular complexity index is 1010. The molecule has 0 aliphatic carbocycles. The Morgan fingerprint density at radius 3 is 2.67 bits per heavy atom. The van der Waals surface area contributed by atoms with E-state index in [0.717, 1.165) is 39.3 Å². The summed E-state index contributed by atoms with van der Waals surface area (Å²) in [4.78, 5) is 4.67. The van der Waals surface area contributed by atoms with Crippen molar-refractivity contribution in [2.75, 3.05) is 6.61 Å². The number of fused-ring (bicyclic) bond motifs is 3. The average molecular weight is 318 g/mol. The molecule has 2 aromatic carbocycles. The number of hydrogen-bond donors (Lipinski definition) is 0. The summed E-state index contributed by atoms with van der Waals surface area (Å²) in [5.41, 5.74) is 5.73. The fourth-order valence-corrected chi connectivity index (χ4v) is 2.90. The van der Waals surface area contributed by atoms with Crippen LogP contribution < -0.4 is 0 Å². The quantitative estimate of drug-likeness (QED) is 0.574. The van der Waals surface area contributed by atoms with Crippen molar-refractivity contribution < 1.29 is 4.74 Å². The second kappa shape index (κ2) is 6.02. The SMILES string of the molecule is CCOCc1ccc2nc(C)c3nnc(-c4ccccc4)n3c2c1. The van der Waals surface area contributed by atoms with Gasteiger partial charge in [-0.25, -0.2) is 4.98 Å². The van der Waals surface area contributed by atoms with E-state index >= 15 is 0 Å². The highest BCUT2D eigenvalue weighted by Gasteiger charge is 2.14. The molecule has 0 radical (unpaired) electrons. The molecule has 0 fully saturated rings. The summed E-state index contributed by atoms with van der Waals surface area (Å²) in [5, 5.41) is 8.77. The van der Waals surface area contributed by atoms with Gasteiger partial charge in [-0.3, -0.25) is 4.40 Å². The molecule has 4 rings (SSSR count). The van der Waals surface area contributed by atoms with Crippen molar-refractivity contribution in [2.45, 2.75) is 20.5 Å². The largest absolute Gasteiger partial charge is 0.377 e. The summed E-state index contributed by atoms with van der Waals surface area (Å²) in [7, 11) is 0. The Morgan fingerprint density at radius 2 is 1.88 bits per heavy atom. The molecule has 2 heterocycles. The normalized spacial score (nSPS) is 11.4. The van der Waals surface area contributed by atoms with E-state index in [2.05, 4.69) is 31.7 Å². The molecule has 0 saturated heterocycles. The molecule has 0 unspecified atom stereocenters. The maximum absolute atomic E-state index is 5.54. The van der Waals surface area contributed by atoms with E-state index in [1.807, 2.05) is 50.2 Å². The summed E-state index contributed by atoms with van der Waals surface area (Å²) in [6, 6.07) is 16.3. The van der Waals surface area contributed by atoms with Gasteiger partial charge in [0.25, 0.3) is 0 Å². The summed E-state index contributed by atoms with van der Waals surface area (Å²) >= 11 is 0. The topological polar surface area (TPSA) is 52.3 Å². The van der Waals surface area contributed by atoms with Crippen LogP contribution in [-0.2, 0) is 11.3 Å². The lowest BCUT2D eigenvalue weighted by Crippen LogP contribution is -1.99. The Hall–Kier alpha value is -2.79. The number of hydrogen-bond acceptors (Lipinski definition) is 4. The van der Waals surface area contributed by atoms with Gasteiger partial charge in [0.2, 0.25) is 0 Å². The van der Waals surface area contributed by atoms with E-state index in [4.69, 9.17) is 4.74 Å². The first kappa shape index (κ1) is 14.8. The molecule has 24 heavy (non-hydrogen) atoms. The second-order valence-corrected chi connectivity index (χ2v) is 5.71. The van der Waals surface area contributed by atoms with E-state index in [1.54, 1.807) is 0 Å². The Kier molecular flexibility index (Phi) is 3.70. The van der Waals surface area contributed by atoms with E-state index in [1.165, 1.54) is 0 Å². The lowest BCUT2D eigenvalue weighted by molar-refractivity contribution is 0.134. The van der Waals surface area contributed by atoms with Crippen LogP contribution in [0.15, 0.2) is 48.5 Å². The Labute approximate surface area is 139 Å². The summed E-state index contributed by atoms with van der Waals surface area (Å²) in [6.07, 6.45) is 0. The molecule has 0 atom stereocenters. The number of aryl methyl sites for hydroxylation is 1. The fraction of sp³-hybridized carbons (Fsp3) is 0.211. The number of rotatable bonds is 4. The molecule has 0 aliphatic rings. The monoisotopic (exact) mass is 318 g/mol. The average Bonchev–Trinajstić information content (AvgIpc) is 3.07. The van der Waals surface area contributed by atoms with Crippen molar-refractivity contribution >= 4 is 16.7 Å². The van der Waals surface area contributed by atoms with Crippen LogP contribution in [0.2, 0.25) is 0 Å². The van der Waals surface area contributed by atoms with Crippen LogP contribution in [0.1, 0.15) is 18.2 Å². The third kappa shape index (κ3) is 2.43. The van der Waals surface area contributed by atoms with Gasteiger partial charge in [-0.1, -0.05) is 36.4 Å². The first-order chi connectivity index (χ1) is 11.8. The molecule has 120 valence electrons. The molecule has 5 heteroatoms. The van der Waals surface area contributed by atoms with Gasteiger partial charge in [0, 0.05) is 12.2 Å². The van der Waals surface area contributed by atoms with Crippen LogP contribution >= 0.6 is 0 Å². The lowest BCUT2D eigenvalue weighted by atomic mass is 10.1. The number of benzene rings is 2. The summed E-state index contributed by atoms with van der Waals surface area (Å²) < 4.78 is 7.63. The van der Waals surface area contributed by atoms with E-state index in [9.17, 15) is 0 Å². The van der Waals surface area contributed by atoms with Crippen molar-refractivity contribution in [1.29, 1.82) is 0 Å². The van der Waals surface area contributed by atoms with Gasteiger partial charge >= 0.3 is 0 Å². The van der Waals surface area contributed by atoms with Crippen molar-refractivity contribution in [3.05, 3.63) is 59.8 Å². The minimum Gasteiger partial charge on any atom is -0.377 e. The van der Waals surface area contributed by atoms with Gasteiger partial charge in [-0.05, 0) is 31.5 Å². The molecular weight excluding hydrogens is 300 g/mol.